The quantitative estimate of drug-likeness (QED) is 0.690. The zero-order valence-corrected chi connectivity index (χ0v) is 17.7. The lowest BCUT2D eigenvalue weighted by atomic mass is 10.0. The van der Waals surface area contributed by atoms with Crippen LogP contribution in [0.15, 0.2) is 36.4 Å². The van der Waals surface area contributed by atoms with Crippen molar-refractivity contribution in [3.63, 3.8) is 0 Å². The van der Waals surface area contributed by atoms with E-state index in [9.17, 15) is 4.79 Å². The molecule has 0 unspecified atom stereocenters. The Hall–Kier alpha value is -2.55. The lowest BCUT2D eigenvalue weighted by Gasteiger charge is -2.17. The molecule has 152 valence electrons. The van der Waals surface area contributed by atoms with E-state index in [4.69, 9.17) is 37.4 Å². The van der Waals surface area contributed by atoms with Crippen molar-refractivity contribution in [2.24, 2.45) is 0 Å². The normalized spacial score (nSPS) is 13.5. The van der Waals surface area contributed by atoms with Crippen LogP contribution >= 0.6 is 23.2 Å². The molecule has 1 aliphatic heterocycles. The highest BCUT2D eigenvalue weighted by molar-refractivity contribution is 6.35. The SMILES string of the molecule is CC1(C)Cc2cccc(OCC#CCNC(=O)COc3ccc(Cl)cc3Cl)c2O1. The molecular weight excluding hydrogens is 413 g/mol. The third-order valence-electron chi connectivity index (χ3n) is 4.11. The maximum atomic E-state index is 11.8. The Balaban J connectivity index is 1.39. The first-order valence-electron chi connectivity index (χ1n) is 9.08. The molecule has 1 N–H and O–H groups in total. The van der Waals surface area contributed by atoms with Crippen LogP contribution in [-0.2, 0) is 11.2 Å². The summed E-state index contributed by atoms with van der Waals surface area (Å²) in [6, 6.07) is 10.6. The Morgan fingerprint density at radius 2 is 2.00 bits per heavy atom. The monoisotopic (exact) mass is 433 g/mol. The van der Waals surface area contributed by atoms with E-state index < -0.39 is 0 Å². The Morgan fingerprint density at radius 3 is 2.79 bits per heavy atom. The lowest BCUT2D eigenvalue weighted by Crippen LogP contribution is -2.29. The molecule has 0 radical (unpaired) electrons. The molecule has 7 heteroatoms. The van der Waals surface area contributed by atoms with E-state index in [2.05, 4.69) is 17.2 Å². The van der Waals surface area contributed by atoms with Gasteiger partial charge in [0.25, 0.3) is 5.91 Å². The highest BCUT2D eigenvalue weighted by atomic mass is 35.5. The summed E-state index contributed by atoms with van der Waals surface area (Å²) in [4.78, 5) is 11.8. The van der Waals surface area contributed by atoms with E-state index in [-0.39, 0.29) is 31.3 Å². The summed E-state index contributed by atoms with van der Waals surface area (Å²) in [7, 11) is 0. The maximum Gasteiger partial charge on any atom is 0.258 e. The number of fused-ring (bicyclic) bond motifs is 1. The minimum absolute atomic E-state index is 0.164. The molecule has 1 aliphatic rings. The number of carbonyl (C=O) groups is 1. The van der Waals surface area contributed by atoms with Gasteiger partial charge >= 0.3 is 0 Å². The van der Waals surface area contributed by atoms with E-state index >= 15 is 0 Å². The summed E-state index contributed by atoms with van der Waals surface area (Å²) in [5, 5.41) is 3.50. The van der Waals surface area contributed by atoms with Gasteiger partial charge in [-0.05, 0) is 38.1 Å². The van der Waals surface area contributed by atoms with E-state index in [1.807, 2.05) is 32.0 Å². The Bertz CT molecular complexity index is 963. The fourth-order valence-corrected chi connectivity index (χ4v) is 3.32. The fourth-order valence-electron chi connectivity index (χ4n) is 2.86. The number of carbonyl (C=O) groups excluding carboxylic acids is 1. The first-order valence-corrected chi connectivity index (χ1v) is 9.84. The molecule has 0 aromatic heterocycles. The zero-order valence-electron chi connectivity index (χ0n) is 16.2. The van der Waals surface area contributed by atoms with Crippen molar-refractivity contribution in [3.05, 3.63) is 52.0 Å². The average molecular weight is 434 g/mol. The summed E-state index contributed by atoms with van der Waals surface area (Å²) in [6.45, 7) is 4.32. The van der Waals surface area contributed by atoms with E-state index in [1.54, 1.807) is 18.2 Å². The first-order chi connectivity index (χ1) is 13.8. The number of rotatable bonds is 6. The van der Waals surface area contributed by atoms with Gasteiger partial charge in [0, 0.05) is 17.0 Å². The number of para-hydroxylation sites is 1. The van der Waals surface area contributed by atoms with Gasteiger partial charge in [-0.2, -0.15) is 0 Å². The Labute approximate surface area is 180 Å². The van der Waals surface area contributed by atoms with E-state index in [0.717, 1.165) is 17.7 Å². The van der Waals surface area contributed by atoms with Crippen molar-refractivity contribution >= 4 is 29.1 Å². The number of hydrogen-bond donors (Lipinski definition) is 1. The standard InChI is InChI=1S/C22H21Cl2NO4/c1-22(2)13-15-6-5-7-19(21(15)29-22)27-11-4-3-10-25-20(26)14-28-18-9-8-16(23)12-17(18)24/h5-9,12H,10-11,13-14H2,1-2H3,(H,25,26). The number of amides is 1. The Kier molecular flexibility index (Phi) is 6.79. The van der Waals surface area contributed by atoms with Gasteiger partial charge in [0.15, 0.2) is 18.1 Å². The minimum Gasteiger partial charge on any atom is -0.483 e. The van der Waals surface area contributed by atoms with Gasteiger partial charge in [-0.3, -0.25) is 4.79 Å². The number of halogens is 2. The molecule has 1 amide bonds. The van der Waals surface area contributed by atoms with Crippen molar-refractivity contribution in [2.45, 2.75) is 25.9 Å². The highest BCUT2D eigenvalue weighted by Gasteiger charge is 2.32. The molecule has 29 heavy (non-hydrogen) atoms. The molecule has 2 aromatic carbocycles. The first kappa shape index (κ1) is 21.2. The second-order valence-electron chi connectivity index (χ2n) is 7.07. The van der Waals surface area contributed by atoms with Gasteiger partial charge in [0.05, 0.1) is 11.6 Å². The van der Waals surface area contributed by atoms with Crippen molar-refractivity contribution in [2.75, 3.05) is 19.8 Å². The highest BCUT2D eigenvalue weighted by Crippen LogP contribution is 2.41. The van der Waals surface area contributed by atoms with Gasteiger partial charge in [0.1, 0.15) is 18.0 Å². The van der Waals surface area contributed by atoms with Crippen LogP contribution in [0, 0.1) is 11.8 Å². The second kappa shape index (κ2) is 9.30. The molecule has 0 fully saturated rings. The molecule has 0 saturated carbocycles. The van der Waals surface area contributed by atoms with Gasteiger partial charge in [-0.25, -0.2) is 0 Å². The zero-order chi connectivity index (χ0) is 20.9. The summed E-state index contributed by atoms with van der Waals surface area (Å²) >= 11 is 11.8. The minimum atomic E-state index is -0.303. The van der Waals surface area contributed by atoms with Gasteiger partial charge in [-0.1, -0.05) is 47.2 Å². The summed E-state index contributed by atoms with van der Waals surface area (Å²) < 4.78 is 17.0. The molecule has 1 heterocycles. The van der Waals surface area contributed by atoms with E-state index in [1.165, 1.54) is 0 Å². The number of ether oxygens (including phenoxy) is 3. The van der Waals surface area contributed by atoms with Gasteiger partial charge in [0.2, 0.25) is 0 Å². The van der Waals surface area contributed by atoms with Gasteiger partial charge < -0.3 is 19.5 Å². The lowest BCUT2D eigenvalue weighted by molar-refractivity contribution is -0.122. The van der Waals surface area contributed by atoms with Crippen LogP contribution < -0.4 is 19.5 Å². The molecule has 0 saturated heterocycles. The summed E-state index contributed by atoms with van der Waals surface area (Å²) in [5.41, 5.74) is 0.907. The number of hydrogen-bond acceptors (Lipinski definition) is 4. The van der Waals surface area contributed by atoms with Crippen LogP contribution in [0.25, 0.3) is 0 Å². The number of benzene rings is 2. The van der Waals surface area contributed by atoms with Crippen molar-refractivity contribution in [1.82, 2.24) is 5.32 Å². The fraction of sp³-hybridized carbons (Fsp3) is 0.318. The third-order valence-corrected chi connectivity index (χ3v) is 4.64. The van der Waals surface area contributed by atoms with Crippen LogP contribution in [0.5, 0.6) is 17.2 Å². The van der Waals surface area contributed by atoms with Crippen molar-refractivity contribution in [1.29, 1.82) is 0 Å². The van der Waals surface area contributed by atoms with Crippen LogP contribution in [0.3, 0.4) is 0 Å². The predicted molar refractivity (Wildman–Crippen MR) is 113 cm³/mol. The molecule has 0 spiro atoms. The Morgan fingerprint density at radius 1 is 1.17 bits per heavy atom. The predicted octanol–water partition coefficient (Wildman–Crippen LogP) is 4.28. The van der Waals surface area contributed by atoms with Crippen LogP contribution in [-0.4, -0.2) is 31.3 Å². The molecule has 0 aliphatic carbocycles. The van der Waals surface area contributed by atoms with Crippen molar-refractivity contribution in [3.8, 4) is 29.1 Å². The number of nitrogens with one attached hydrogen (secondary N) is 1. The molecular formula is C22H21Cl2NO4. The smallest absolute Gasteiger partial charge is 0.258 e. The molecule has 0 atom stereocenters. The summed E-state index contributed by atoms with van der Waals surface area (Å²) in [6.07, 6.45) is 0.848. The van der Waals surface area contributed by atoms with E-state index in [0.29, 0.717) is 21.5 Å². The summed E-state index contributed by atoms with van der Waals surface area (Å²) in [5.74, 6) is 7.27. The third kappa shape index (κ3) is 5.96. The average Bonchev–Trinajstić information content (AvgIpc) is 2.98. The topological polar surface area (TPSA) is 56.8 Å². The van der Waals surface area contributed by atoms with Crippen molar-refractivity contribution < 1.29 is 19.0 Å². The molecule has 2 aromatic rings. The molecule has 3 rings (SSSR count). The van der Waals surface area contributed by atoms with Crippen LogP contribution in [0.2, 0.25) is 10.0 Å². The molecule has 5 nitrogen and oxygen atoms in total. The molecule has 0 bridgehead atoms. The second-order valence-corrected chi connectivity index (χ2v) is 7.91. The maximum absolute atomic E-state index is 11.8. The van der Waals surface area contributed by atoms with Crippen LogP contribution in [0.4, 0.5) is 0 Å². The van der Waals surface area contributed by atoms with Crippen LogP contribution in [0.1, 0.15) is 19.4 Å². The largest absolute Gasteiger partial charge is 0.483 e. The van der Waals surface area contributed by atoms with Gasteiger partial charge in [-0.15, -0.1) is 0 Å².